The molecule has 2 aromatic carbocycles. The molecule has 2 unspecified atom stereocenters. The number of fused-ring (bicyclic) bond motifs is 1. The molecule has 0 spiro atoms. The lowest BCUT2D eigenvalue weighted by molar-refractivity contribution is -0.996. The van der Waals surface area contributed by atoms with E-state index in [2.05, 4.69) is 5.32 Å². The van der Waals surface area contributed by atoms with Crippen LogP contribution in [0.5, 0.6) is 0 Å². The van der Waals surface area contributed by atoms with Crippen molar-refractivity contribution in [2.75, 3.05) is 23.3 Å². The van der Waals surface area contributed by atoms with Crippen molar-refractivity contribution in [3.63, 3.8) is 0 Å². The first-order valence-electron chi connectivity index (χ1n) is 9.91. The molecular weight excluding hydrogens is 420 g/mol. The number of rotatable bonds is 7. The second-order valence-electron chi connectivity index (χ2n) is 7.15. The van der Waals surface area contributed by atoms with Gasteiger partial charge in [-0.05, 0) is 32.4 Å². The van der Waals surface area contributed by atoms with E-state index in [1.807, 2.05) is 18.7 Å². The summed E-state index contributed by atoms with van der Waals surface area (Å²) >= 11 is 0. The Kier molecular flexibility index (Phi) is 6.89. The van der Waals surface area contributed by atoms with E-state index in [4.69, 9.17) is 4.42 Å². The number of carbonyl (C=O) groups excluding carboxylic acids is 1. The molecule has 1 aromatic heterocycles. The summed E-state index contributed by atoms with van der Waals surface area (Å²) in [7, 11) is 0. The van der Waals surface area contributed by atoms with Gasteiger partial charge < -0.3 is 25.0 Å². The molecule has 0 bridgehead atoms. The summed E-state index contributed by atoms with van der Waals surface area (Å²) in [4.78, 5) is 26.8. The zero-order valence-corrected chi connectivity index (χ0v) is 17.8. The van der Waals surface area contributed by atoms with Crippen LogP contribution in [-0.4, -0.2) is 29.4 Å². The number of carbonyl (C=O) groups is 1. The van der Waals surface area contributed by atoms with Crippen LogP contribution in [0.1, 0.15) is 29.8 Å². The van der Waals surface area contributed by atoms with Crippen molar-refractivity contribution in [1.29, 1.82) is 0 Å². The van der Waals surface area contributed by atoms with Gasteiger partial charge in [0.15, 0.2) is 11.4 Å². The van der Waals surface area contributed by atoms with Crippen LogP contribution in [0, 0.1) is 17.3 Å². The third kappa shape index (κ3) is 4.78. The van der Waals surface area contributed by atoms with Crippen molar-refractivity contribution in [2.24, 2.45) is 0 Å². The first kappa shape index (κ1) is 23.3. The molecule has 0 aliphatic rings. The molecule has 11 nitrogen and oxygen atoms in total. The van der Waals surface area contributed by atoms with E-state index in [1.54, 1.807) is 19.1 Å². The molecule has 1 amide bonds. The van der Waals surface area contributed by atoms with Crippen LogP contribution in [0.2, 0.25) is 0 Å². The van der Waals surface area contributed by atoms with Gasteiger partial charge >= 0.3 is 5.63 Å². The number of hydrogen-bond acceptors (Lipinski definition) is 8. The van der Waals surface area contributed by atoms with Crippen molar-refractivity contribution < 1.29 is 30.1 Å². The van der Waals surface area contributed by atoms with E-state index in [0.29, 0.717) is 41.0 Å². The van der Waals surface area contributed by atoms with E-state index < -0.39 is 22.0 Å². The molecule has 0 saturated carbocycles. The molecule has 2 atom stereocenters. The fraction of sp³-hybridized carbons (Fsp3) is 0.238. The number of amides is 1. The maximum Gasteiger partial charge on any atom is 0.336 e. The summed E-state index contributed by atoms with van der Waals surface area (Å²) in [6.07, 6.45) is 0. The van der Waals surface area contributed by atoms with E-state index in [0.717, 1.165) is 18.2 Å². The van der Waals surface area contributed by atoms with Gasteiger partial charge in [-0.15, -0.1) is 0 Å². The Morgan fingerprint density at radius 2 is 1.62 bits per heavy atom. The average molecular weight is 444 g/mol. The highest BCUT2D eigenvalue weighted by Crippen LogP contribution is 2.33. The van der Waals surface area contributed by atoms with Crippen LogP contribution in [0.25, 0.3) is 11.0 Å². The highest BCUT2D eigenvalue weighted by Gasteiger charge is 2.19. The minimum absolute atomic E-state index is 0.107. The van der Waals surface area contributed by atoms with Crippen LogP contribution in [0.15, 0.2) is 45.6 Å². The van der Waals surface area contributed by atoms with Crippen molar-refractivity contribution >= 4 is 39.6 Å². The third-order valence-corrected chi connectivity index (χ3v) is 5.11. The lowest BCUT2D eigenvalue weighted by Crippen LogP contribution is -3.00. The van der Waals surface area contributed by atoms with Crippen LogP contribution < -0.4 is 26.3 Å². The molecule has 32 heavy (non-hydrogen) atoms. The minimum Gasteiger partial charge on any atom is -0.595 e. The van der Waals surface area contributed by atoms with E-state index in [-0.39, 0.29) is 16.9 Å². The van der Waals surface area contributed by atoms with Gasteiger partial charge in [-0.1, -0.05) is 0 Å². The molecule has 0 radical (unpaired) electrons. The molecule has 170 valence electrons. The Balaban J connectivity index is 2.12. The van der Waals surface area contributed by atoms with Crippen LogP contribution in [0.4, 0.5) is 22.7 Å². The van der Waals surface area contributed by atoms with E-state index in [1.165, 1.54) is 6.07 Å². The fourth-order valence-corrected chi connectivity index (χ4v) is 3.48. The Morgan fingerprint density at radius 1 is 1.03 bits per heavy atom. The smallest absolute Gasteiger partial charge is 0.336 e. The Bertz CT molecular complexity index is 1180. The minimum atomic E-state index is -1.35. The molecule has 5 N–H and O–H groups in total. The monoisotopic (exact) mass is 444 g/mol. The number of nitrogens with one attached hydrogen (secondary N) is 3. The summed E-state index contributed by atoms with van der Waals surface area (Å²) in [6, 6.07) is 7.92. The summed E-state index contributed by atoms with van der Waals surface area (Å²) in [5, 5.41) is 42.0. The summed E-state index contributed by atoms with van der Waals surface area (Å²) in [5.74, 6) is -0.668. The second kappa shape index (κ2) is 9.44. The van der Waals surface area contributed by atoms with Gasteiger partial charge in [0.05, 0.1) is 23.0 Å². The van der Waals surface area contributed by atoms with Crippen molar-refractivity contribution in [2.45, 2.75) is 20.8 Å². The van der Waals surface area contributed by atoms with Crippen molar-refractivity contribution in [1.82, 2.24) is 0 Å². The van der Waals surface area contributed by atoms with Crippen LogP contribution in [-0.2, 0) is 0 Å². The molecule has 0 fully saturated rings. The molecule has 11 heteroatoms. The van der Waals surface area contributed by atoms with Gasteiger partial charge in [0, 0.05) is 42.7 Å². The maximum absolute atomic E-state index is 13.0. The lowest BCUT2D eigenvalue weighted by atomic mass is 10.1. The highest BCUT2D eigenvalue weighted by molar-refractivity contribution is 6.08. The highest BCUT2D eigenvalue weighted by atomic mass is 16.8. The van der Waals surface area contributed by atoms with Crippen LogP contribution >= 0.6 is 0 Å². The fourth-order valence-electron chi connectivity index (χ4n) is 3.48. The standard InChI is InChI=1S/C21H24N4O7/c1-4-23(5-2)18-11-19-16(12(3)6-20(26)32-19)10-17(18)22-21(27)13-7-14(24(28)29)9-15(8-13)25(30)31/h6-11,24-25,28,30H,4-5H2,1-3H3,(H,22,27). The van der Waals surface area contributed by atoms with Crippen LogP contribution in [0.3, 0.4) is 0 Å². The van der Waals surface area contributed by atoms with Gasteiger partial charge in [0.2, 0.25) is 0 Å². The first-order chi connectivity index (χ1) is 15.1. The number of aryl methyl sites for hydroxylation is 1. The second-order valence-corrected chi connectivity index (χ2v) is 7.15. The zero-order chi connectivity index (χ0) is 23.6. The normalized spacial score (nSPS) is 13.1. The van der Waals surface area contributed by atoms with E-state index in [9.17, 15) is 30.4 Å². The topological polar surface area (TPSA) is 158 Å². The molecular formula is C21H24N4O7. The number of nitrogens with zero attached hydrogens (tertiary/aromatic N) is 1. The Morgan fingerprint density at radius 3 is 2.16 bits per heavy atom. The Labute approximate surface area is 182 Å². The third-order valence-electron chi connectivity index (χ3n) is 5.11. The van der Waals surface area contributed by atoms with Gasteiger partial charge in [-0.25, -0.2) is 15.2 Å². The summed E-state index contributed by atoms with van der Waals surface area (Å²) in [5.41, 5.74) is 0.853. The largest absolute Gasteiger partial charge is 0.595 e. The number of hydrogen-bond donors (Lipinski definition) is 5. The van der Waals surface area contributed by atoms with Gasteiger partial charge in [-0.2, -0.15) is 10.5 Å². The molecule has 3 rings (SSSR count). The summed E-state index contributed by atoms with van der Waals surface area (Å²) < 4.78 is 5.33. The molecule has 1 heterocycles. The van der Waals surface area contributed by atoms with Gasteiger partial charge in [0.1, 0.15) is 5.58 Å². The summed E-state index contributed by atoms with van der Waals surface area (Å²) in [6.45, 7) is 6.83. The van der Waals surface area contributed by atoms with E-state index >= 15 is 0 Å². The SMILES string of the molecule is CCN(CC)c1cc2oc(=O)cc(C)c2cc1NC(=O)c1cc([NH+]([O-])O)cc([NH+]([O-])O)c1. The van der Waals surface area contributed by atoms with Gasteiger partial charge in [0.25, 0.3) is 5.91 Å². The predicted octanol–water partition coefficient (Wildman–Crippen LogP) is 1.01. The lowest BCUT2D eigenvalue weighted by Gasteiger charge is -2.25. The molecule has 0 aliphatic carbocycles. The quantitative estimate of drug-likeness (QED) is 0.267. The Hall–Kier alpha value is -3.32. The molecule has 3 aromatic rings. The predicted molar refractivity (Wildman–Crippen MR) is 117 cm³/mol. The maximum atomic E-state index is 13.0. The molecule has 0 saturated heterocycles. The van der Waals surface area contributed by atoms with Crippen molar-refractivity contribution in [3.05, 3.63) is 68.4 Å². The average Bonchev–Trinajstić information content (AvgIpc) is 2.74. The number of benzene rings is 2. The first-order valence-corrected chi connectivity index (χ1v) is 9.91. The van der Waals surface area contributed by atoms with Crippen molar-refractivity contribution in [3.8, 4) is 0 Å². The number of quaternary nitrogens is 2. The number of anilines is 2. The molecule has 0 aliphatic heterocycles. The van der Waals surface area contributed by atoms with Gasteiger partial charge in [-0.3, -0.25) is 4.79 Å². The zero-order valence-electron chi connectivity index (χ0n) is 17.8.